The van der Waals surface area contributed by atoms with Crippen molar-refractivity contribution in [1.29, 1.82) is 0 Å². The van der Waals surface area contributed by atoms with Gasteiger partial charge in [0.1, 0.15) is 43.2 Å². The molecule has 0 saturated heterocycles. The van der Waals surface area contributed by atoms with Crippen molar-refractivity contribution in [2.75, 3.05) is 0 Å². The van der Waals surface area contributed by atoms with Crippen LogP contribution in [0.1, 0.15) is 0 Å². The molecule has 3 aromatic rings. The maximum Gasteiger partial charge on any atom is 0.208 e. The van der Waals surface area contributed by atoms with Gasteiger partial charge in [-0.15, -0.1) is 0 Å². The van der Waals surface area contributed by atoms with Crippen LogP contribution in [0.4, 0.5) is 0 Å². The van der Waals surface area contributed by atoms with E-state index >= 15 is 0 Å². The molecule has 0 aliphatic carbocycles. The van der Waals surface area contributed by atoms with Crippen molar-refractivity contribution in [2.45, 2.75) is 0 Å². The lowest BCUT2D eigenvalue weighted by atomic mass is 9.79. The van der Waals surface area contributed by atoms with Gasteiger partial charge in [0.05, 0.1) is 16.7 Å². The summed E-state index contributed by atoms with van der Waals surface area (Å²) in [6.07, 6.45) is 0. The number of hydrogen-bond donors (Lipinski definition) is 11. The van der Waals surface area contributed by atoms with Gasteiger partial charge in [-0.25, -0.2) is 0 Å². The highest BCUT2D eigenvalue weighted by Gasteiger charge is 2.33. The Morgan fingerprint density at radius 3 is 1.16 bits per heavy atom. The molecule has 0 spiro atoms. The zero-order chi connectivity index (χ0) is 24.4. The van der Waals surface area contributed by atoms with Crippen LogP contribution in [0.2, 0.25) is 0 Å². The van der Waals surface area contributed by atoms with Gasteiger partial charge in [0.15, 0.2) is 23.0 Å². The fourth-order valence-corrected chi connectivity index (χ4v) is 3.48. The third-order valence-electron chi connectivity index (χ3n) is 4.73. The molecule has 4 radical (unpaired) electrons. The van der Waals surface area contributed by atoms with E-state index in [1.54, 1.807) is 0 Å². The predicted molar refractivity (Wildman–Crippen MR) is 114 cm³/mol. The zero-order valence-corrected chi connectivity index (χ0v) is 17.0. The average Bonchev–Trinajstić information content (AvgIpc) is 2.76. The average molecular weight is 505 g/mol. The van der Waals surface area contributed by atoms with Gasteiger partial charge in [-0.2, -0.15) is 0 Å². The zero-order valence-electron chi connectivity index (χ0n) is 15.5. The first-order valence-corrected chi connectivity index (χ1v) is 9.02. The highest BCUT2D eigenvalue weighted by molar-refractivity contribution is 9.10. The molecule has 0 aliphatic heterocycles. The summed E-state index contributed by atoms with van der Waals surface area (Å²) in [7, 11) is 11.4. The topological polar surface area (TPSA) is 223 Å². The van der Waals surface area contributed by atoms with Crippen molar-refractivity contribution in [3.63, 3.8) is 0 Å². The fraction of sp³-hybridized carbons (Fsp3) is 0. The summed E-state index contributed by atoms with van der Waals surface area (Å²) in [5.41, 5.74) is -5.34. The van der Waals surface area contributed by atoms with Crippen LogP contribution >= 0.6 is 15.9 Å². The third kappa shape index (κ3) is 2.83. The molecule has 0 aliphatic rings. The summed E-state index contributed by atoms with van der Waals surface area (Å²) >= 11 is 2.77. The molecule has 14 heteroatoms. The largest absolute Gasteiger partial charge is 0.508 e. The molecule has 0 atom stereocenters. The van der Waals surface area contributed by atoms with Crippen molar-refractivity contribution >= 4 is 42.5 Å². The van der Waals surface area contributed by atoms with Crippen LogP contribution in [0.15, 0.2) is 4.47 Å². The van der Waals surface area contributed by atoms with Gasteiger partial charge in [0, 0.05) is 5.56 Å². The molecular weight excluding hydrogens is 494 g/mol. The van der Waals surface area contributed by atoms with E-state index in [4.69, 9.17) is 15.7 Å². The summed E-state index contributed by atoms with van der Waals surface area (Å²) in [4.78, 5) is 0. The van der Waals surface area contributed by atoms with Gasteiger partial charge in [-0.1, -0.05) is 0 Å². The minimum absolute atomic E-state index is 0.439. The number of hydrogen-bond acceptors (Lipinski definition) is 11. The number of phenolic OH excluding ortho intramolecular Hbond substituents is 11. The Labute approximate surface area is 188 Å². The first kappa shape index (κ1) is 22.7. The third-order valence-corrected chi connectivity index (χ3v) is 5.48. The Kier molecular flexibility index (Phi) is 5.22. The molecule has 0 heterocycles. The Morgan fingerprint density at radius 2 is 0.688 bits per heavy atom. The molecule has 0 unspecified atom stereocenters. The van der Waals surface area contributed by atoms with E-state index in [0.29, 0.717) is 0 Å². The summed E-state index contributed by atoms with van der Waals surface area (Å²) in [5, 5.41) is 112. The van der Waals surface area contributed by atoms with Crippen molar-refractivity contribution in [2.24, 2.45) is 0 Å². The number of halogens is 1. The molecule has 11 N–H and O–H groups in total. The van der Waals surface area contributed by atoms with Crippen LogP contribution in [0.3, 0.4) is 0 Å². The molecule has 11 nitrogen and oxygen atoms in total. The summed E-state index contributed by atoms with van der Waals surface area (Å²) in [6.45, 7) is 0. The maximum absolute atomic E-state index is 10.8. The molecule has 3 aromatic carbocycles. The molecule has 0 bridgehead atoms. The smallest absolute Gasteiger partial charge is 0.208 e. The van der Waals surface area contributed by atoms with Crippen LogP contribution < -0.4 is 10.9 Å². The Hall–Kier alpha value is -3.93. The minimum Gasteiger partial charge on any atom is -0.508 e. The molecule has 0 fully saturated rings. The van der Waals surface area contributed by atoms with Crippen LogP contribution in [0, 0.1) is 0 Å². The molecule has 3 rings (SSSR count). The quantitative estimate of drug-likeness (QED) is 0.128. The standard InChI is InChI=1S/C18H11B2BrO11/c19-5-1(11(25)15(29)7(21)14(5)28)2-8(22)3(10(24)6(20)9(2)23)4-12(26)16(30)18(32)17(31)13(4)27/h22-32H. The van der Waals surface area contributed by atoms with E-state index in [0.717, 1.165) is 0 Å². The van der Waals surface area contributed by atoms with E-state index in [1.165, 1.54) is 0 Å². The van der Waals surface area contributed by atoms with Crippen LogP contribution in [-0.4, -0.2) is 71.9 Å². The first-order valence-electron chi connectivity index (χ1n) is 8.23. The lowest BCUT2D eigenvalue weighted by Gasteiger charge is -2.22. The second-order valence-corrected chi connectivity index (χ2v) is 7.27. The van der Waals surface area contributed by atoms with E-state index in [9.17, 15) is 56.2 Å². The molecule has 162 valence electrons. The molecular formula is C18H11B2BrO11. The molecule has 0 aromatic heterocycles. The summed E-state index contributed by atoms with van der Waals surface area (Å²) < 4.78 is -0.439. The molecule has 0 saturated carbocycles. The van der Waals surface area contributed by atoms with E-state index in [1.807, 2.05) is 0 Å². The van der Waals surface area contributed by atoms with Gasteiger partial charge in [0.2, 0.25) is 17.2 Å². The van der Waals surface area contributed by atoms with Crippen molar-refractivity contribution in [1.82, 2.24) is 0 Å². The second kappa shape index (κ2) is 7.34. The van der Waals surface area contributed by atoms with Gasteiger partial charge in [-0.05, 0) is 26.9 Å². The normalized spacial score (nSPS) is 11.0. The van der Waals surface area contributed by atoms with Crippen LogP contribution in [-0.2, 0) is 0 Å². The van der Waals surface area contributed by atoms with E-state index < -0.39 is 101 Å². The Morgan fingerprint density at radius 1 is 0.344 bits per heavy atom. The number of rotatable bonds is 2. The van der Waals surface area contributed by atoms with E-state index in [2.05, 4.69) is 15.9 Å². The van der Waals surface area contributed by atoms with Crippen LogP contribution in [0.5, 0.6) is 63.2 Å². The highest BCUT2D eigenvalue weighted by Crippen LogP contribution is 2.60. The Balaban J connectivity index is 2.59. The molecule has 32 heavy (non-hydrogen) atoms. The summed E-state index contributed by atoms with van der Waals surface area (Å²) in [5.74, 6) is -13.1. The van der Waals surface area contributed by atoms with Gasteiger partial charge in [0.25, 0.3) is 0 Å². The number of aromatic hydroxyl groups is 11. The van der Waals surface area contributed by atoms with Crippen molar-refractivity contribution < 1.29 is 56.2 Å². The minimum atomic E-state index is -1.36. The monoisotopic (exact) mass is 504 g/mol. The summed E-state index contributed by atoms with van der Waals surface area (Å²) in [6, 6.07) is 0. The van der Waals surface area contributed by atoms with Crippen LogP contribution in [0.25, 0.3) is 22.3 Å². The van der Waals surface area contributed by atoms with Gasteiger partial charge >= 0.3 is 0 Å². The lowest BCUT2D eigenvalue weighted by molar-refractivity contribution is 0.329. The fourth-order valence-electron chi connectivity index (χ4n) is 3.08. The highest BCUT2D eigenvalue weighted by atomic mass is 79.9. The van der Waals surface area contributed by atoms with Gasteiger partial charge in [-0.3, -0.25) is 0 Å². The molecule has 0 amide bonds. The first-order chi connectivity index (χ1) is 14.7. The van der Waals surface area contributed by atoms with Crippen molar-refractivity contribution in [3.8, 4) is 85.5 Å². The van der Waals surface area contributed by atoms with E-state index in [-0.39, 0.29) is 0 Å². The SMILES string of the molecule is [B]c1c(O)c(-c2c([B])c(O)c(Br)c(O)c2O)c(O)c(-c2c(O)c(O)c(O)c(O)c2O)c1O. The number of benzene rings is 3. The Bertz CT molecular complexity index is 1170. The lowest BCUT2D eigenvalue weighted by Crippen LogP contribution is -2.13. The van der Waals surface area contributed by atoms with Gasteiger partial charge < -0.3 is 56.2 Å². The predicted octanol–water partition coefficient (Wildman–Crippen LogP) is 0.132. The second-order valence-electron chi connectivity index (χ2n) is 6.48. The van der Waals surface area contributed by atoms with Crippen molar-refractivity contribution in [3.05, 3.63) is 4.47 Å². The number of phenols is 11. The maximum atomic E-state index is 10.8.